The van der Waals surface area contributed by atoms with Crippen molar-refractivity contribution in [3.63, 3.8) is 0 Å². The number of carbonyl (C=O) groups excluding carboxylic acids is 1. The lowest BCUT2D eigenvalue weighted by molar-refractivity contribution is -0.151. The second-order valence-corrected chi connectivity index (χ2v) is 6.02. The molecule has 3 heterocycles. The third kappa shape index (κ3) is 2.65. The van der Waals surface area contributed by atoms with E-state index in [4.69, 9.17) is 20.9 Å². The molecule has 0 saturated carbocycles. The summed E-state index contributed by atoms with van der Waals surface area (Å²) < 4.78 is 11.9. The quantitative estimate of drug-likeness (QED) is 0.446. The Morgan fingerprint density at radius 3 is 2.96 bits per heavy atom. The van der Waals surface area contributed by atoms with Crippen molar-refractivity contribution in [1.82, 2.24) is 14.6 Å². The van der Waals surface area contributed by atoms with Crippen LogP contribution < -0.4 is 11.5 Å². The third-order valence-electron chi connectivity index (χ3n) is 4.25. The lowest BCUT2D eigenvalue weighted by Crippen LogP contribution is -2.41. The van der Waals surface area contributed by atoms with E-state index in [0.717, 1.165) is 0 Å². The van der Waals surface area contributed by atoms with E-state index in [-0.39, 0.29) is 18.1 Å². The highest BCUT2D eigenvalue weighted by Gasteiger charge is 2.57. The molecule has 1 unspecified atom stereocenters. The van der Waals surface area contributed by atoms with Gasteiger partial charge in [0.15, 0.2) is 5.82 Å². The van der Waals surface area contributed by atoms with Crippen LogP contribution in [-0.2, 0) is 19.9 Å². The van der Waals surface area contributed by atoms with Gasteiger partial charge in [0.1, 0.15) is 48.9 Å². The van der Waals surface area contributed by atoms with Crippen LogP contribution >= 0.6 is 0 Å². The van der Waals surface area contributed by atoms with Crippen molar-refractivity contribution in [1.29, 1.82) is 5.26 Å². The molecule has 1 aliphatic rings. The van der Waals surface area contributed by atoms with Crippen LogP contribution in [0, 0.1) is 11.3 Å². The van der Waals surface area contributed by atoms with Gasteiger partial charge in [-0.25, -0.2) is 9.50 Å². The number of aromatic nitrogens is 3. The summed E-state index contributed by atoms with van der Waals surface area (Å²) >= 11 is 0. The molecule has 11 heteroatoms. The molecule has 138 valence electrons. The molecule has 6 N–H and O–H groups in total. The highest BCUT2D eigenvalue weighted by Crippen LogP contribution is 2.40. The second kappa shape index (κ2) is 6.50. The predicted molar refractivity (Wildman–Crippen MR) is 86.2 cm³/mol. The van der Waals surface area contributed by atoms with Crippen LogP contribution in [0.15, 0.2) is 18.5 Å². The number of nitrogens with two attached hydrogens (primary N) is 2. The Labute approximate surface area is 147 Å². The van der Waals surface area contributed by atoms with Gasteiger partial charge < -0.3 is 31.2 Å². The van der Waals surface area contributed by atoms with Crippen LogP contribution in [0.1, 0.15) is 12.6 Å². The molecule has 0 spiro atoms. The highest BCUT2D eigenvalue weighted by atomic mass is 16.6. The van der Waals surface area contributed by atoms with Gasteiger partial charge in [-0.1, -0.05) is 0 Å². The van der Waals surface area contributed by atoms with Crippen LogP contribution in [0.5, 0.6) is 0 Å². The van der Waals surface area contributed by atoms with Crippen molar-refractivity contribution in [2.75, 3.05) is 12.3 Å². The number of anilines is 1. The van der Waals surface area contributed by atoms with Crippen molar-refractivity contribution in [3.05, 3.63) is 24.2 Å². The number of esters is 1. The molecule has 2 aromatic heterocycles. The molecular weight excluding hydrogens is 344 g/mol. The van der Waals surface area contributed by atoms with Gasteiger partial charge in [0.05, 0.1) is 5.69 Å². The number of aliphatic hydroxyl groups is 2. The zero-order chi connectivity index (χ0) is 19.1. The van der Waals surface area contributed by atoms with Crippen molar-refractivity contribution < 1.29 is 24.5 Å². The Hall–Kier alpha value is -2.78. The van der Waals surface area contributed by atoms with Gasteiger partial charge >= 0.3 is 5.97 Å². The van der Waals surface area contributed by atoms with Crippen molar-refractivity contribution >= 4 is 17.3 Å². The molecule has 3 rings (SSSR count). The standard InChI is InChI=1S/C15H18N6O5/c1-7(17)14(24)25-4-9-11(22)12(23)15(5-16,26-9)10-3-2-8-13(18)19-6-20-21(8)10/h2-3,6-7,9,11-12,22-23H,4,17H2,1H3,(H2,18,19,20)/t7-,9?,11+,12+,15-/m0/s1. The molecular formula is C15H18N6O5. The van der Waals surface area contributed by atoms with E-state index >= 15 is 0 Å². The molecule has 1 fully saturated rings. The van der Waals surface area contributed by atoms with Gasteiger partial charge in [-0.3, -0.25) is 4.79 Å². The minimum atomic E-state index is -1.93. The van der Waals surface area contributed by atoms with Crippen molar-refractivity contribution in [3.8, 4) is 6.07 Å². The largest absolute Gasteiger partial charge is 0.462 e. The second-order valence-electron chi connectivity index (χ2n) is 6.02. The van der Waals surface area contributed by atoms with Crippen molar-refractivity contribution in [2.24, 2.45) is 5.73 Å². The van der Waals surface area contributed by atoms with Gasteiger partial charge in [0.25, 0.3) is 0 Å². The van der Waals surface area contributed by atoms with Gasteiger partial charge in [0, 0.05) is 0 Å². The monoisotopic (exact) mass is 362 g/mol. The summed E-state index contributed by atoms with van der Waals surface area (Å²) in [6.45, 7) is 1.07. The van der Waals surface area contributed by atoms with E-state index in [1.807, 2.05) is 6.07 Å². The molecule has 1 saturated heterocycles. The highest BCUT2D eigenvalue weighted by molar-refractivity contribution is 5.74. The van der Waals surface area contributed by atoms with Crippen LogP contribution in [0.3, 0.4) is 0 Å². The number of hydrogen-bond donors (Lipinski definition) is 4. The maximum absolute atomic E-state index is 11.5. The van der Waals surface area contributed by atoms with Gasteiger partial charge in [-0.2, -0.15) is 10.4 Å². The topological polar surface area (TPSA) is 182 Å². The average Bonchev–Trinajstić information content (AvgIpc) is 3.15. The maximum Gasteiger partial charge on any atom is 0.322 e. The number of nitrogen functional groups attached to an aromatic ring is 1. The summed E-state index contributed by atoms with van der Waals surface area (Å²) in [6, 6.07) is 4.10. The normalized spacial score (nSPS) is 29.4. The fourth-order valence-electron chi connectivity index (χ4n) is 2.85. The molecule has 26 heavy (non-hydrogen) atoms. The van der Waals surface area contributed by atoms with E-state index in [9.17, 15) is 20.3 Å². The van der Waals surface area contributed by atoms with Crippen LogP contribution in [-0.4, -0.2) is 61.7 Å². The molecule has 0 radical (unpaired) electrons. The lowest BCUT2D eigenvalue weighted by Gasteiger charge is -2.24. The Kier molecular flexibility index (Phi) is 4.51. The minimum absolute atomic E-state index is 0.164. The van der Waals surface area contributed by atoms with Gasteiger partial charge in [-0.05, 0) is 19.1 Å². The van der Waals surface area contributed by atoms with E-state index in [0.29, 0.717) is 5.52 Å². The first-order valence-electron chi connectivity index (χ1n) is 7.78. The zero-order valence-electron chi connectivity index (χ0n) is 13.8. The first kappa shape index (κ1) is 18.0. The van der Waals surface area contributed by atoms with E-state index in [2.05, 4.69) is 10.1 Å². The molecule has 0 aliphatic carbocycles. The number of hydrogen-bond acceptors (Lipinski definition) is 10. The molecule has 0 amide bonds. The fourth-order valence-corrected chi connectivity index (χ4v) is 2.85. The molecule has 2 aromatic rings. The number of carbonyl (C=O) groups is 1. The maximum atomic E-state index is 11.5. The first-order valence-corrected chi connectivity index (χ1v) is 7.78. The summed E-state index contributed by atoms with van der Waals surface area (Å²) in [5, 5.41) is 34.5. The Morgan fingerprint density at radius 1 is 1.58 bits per heavy atom. The van der Waals surface area contributed by atoms with E-state index in [1.54, 1.807) is 6.07 Å². The number of nitrogens with zero attached hydrogens (tertiary/aromatic N) is 4. The summed E-state index contributed by atoms with van der Waals surface area (Å²) in [7, 11) is 0. The average molecular weight is 362 g/mol. The van der Waals surface area contributed by atoms with Crippen LogP contribution in [0.25, 0.3) is 5.52 Å². The smallest absolute Gasteiger partial charge is 0.322 e. The summed E-state index contributed by atoms with van der Waals surface area (Å²) in [5.74, 6) is -0.520. The molecule has 11 nitrogen and oxygen atoms in total. The van der Waals surface area contributed by atoms with E-state index < -0.39 is 35.9 Å². The molecule has 5 atom stereocenters. The number of fused-ring (bicyclic) bond motifs is 1. The van der Waals surface area contributed by atoms with Gasteiger partial charge in [0.2, 0.25) is 5.60 Å². The number of ether oxygens (including phenoxy) is 2. The van der Waals surface area contributed by atoms with E-state index in [1.165, 1.54) is 23.8 Å². The van der Waals surface area contributed by atoms with Crippen LogP contribution in [0.2, 0.25) is 0 Å². The summed E-state index contributed by atoms with van der Waals surface area (Å²) in [6.07, 6.45) is -3.02. The predicted octanol–water partition coefficient (Wildman–Crippen LogP) is -1.96. The fraction of sp³-hybridized carbons (Fsp3) is 0.467. The third-order valence-corrected chi connectivity index (χ3v) is 4.25. The Bertz CT molecular complexity index is 877. The SMILES string of the molecule is C[C@H](N)C(=O)OCC1O[C@@](C#N)(c2ccc3c(N)ncnn23)[C@H](O)[C@@H]1O. The Balaban J connectivity index is 1.95. The minimum Gasteiger partial charge on any atom is -0.462 e. The molecule has 0 aromatic carbocycles. The summed E-state index contributed by atoms with van der Waals surface area (Å²) in [4.78, 5) is 15.4. The summed E-state index contributed by atoms with van der Waals surface area (Å²) in [5.41, 5.74) is 9.82. The molecule has 1 aliphatic heterocycles. The number of nitriles is 1. The number of aliphatic hydroxyl groups excluding tert-OH is 2. The lowest BCUT2D eigenvalue weighted by atomic mass is 9.92. The first-order chi connectivity index (χ1) is 12.3. The molecule has 0 bridgehead atoms. The van der Waals surface area contributed by atoms with Crippen molar-refractivity contribution in [2.45, 2.75) is 36.9 Å². The Morgan fingerprint density at radius 2 is 2.31 bits per heavy atom. The van der Waals surface area contributed by atoms with Gasteiger partial charge in [-0.15, -0.1) is 0 Å². The van der Waals surface area contributed by atoms with Crippen LogP contribution in [0.4, 0.5) is 5.82 Å². The number of rotatable bonds is 4. The zero-order valence-corrected chi connectivity index (χ0v) is 13.8.